The molecule has 0 aliphatic heterocycles. The first-order valence-electron chi connectivity index (χ1n) is 4.05. The first kappa shape index (κ1) is 9.00. The zero-order valence-electron chi connectivity index (χ0n) is 7.76. The first-order valence-corrected chi connectivity index (χ1v) is 4.05. The van der Waals surface area contributed by atoms with Crippen molar-refractivity contribution < 1.29 is 0 Å². The fourth-order valence-corrected chi connectivity index (χ4v) is 1.20. The van der Waals surface area contributed by atoms with Gasteiger partial charge in [0.15, 0.2) is 0 Å². The summed E-state index contributed by atoms with van der Waals surface area (Å²) >= 11 is 0. The van der Waals surface area contributed by atoms with Crippen molar-refractivity contribution in [2.45, 2.75) is 19.9 Å². The molecule has 66 valence electrons. The van der Waals surface area contributed by atoms with E-state index in [9.17, 15) is 0 Å². The Bertz CT molecular complexity index is 270. The third-order valence-electron chi connectivity index (χ3n) is 2.05. The summed E-state index contributed by atoms with van der Waals surface area (Å²) in [4.78, 5) is 4.18. The molecule has 1 atom stereocenters. The maximum Gasteiger partial charge on any atom is 0.123 e. The van der Waals surface area contributed by atoms with Gasteiger partial charge in [0.25, 0.3) is 0 Å². The van der Waals surface area contributed by atoms with E-state index in [1.807, 2.05) is 26.1 Å². The number of aryl methyl sites for hydroxylation is 1. The molecular formula is C9H15N3. The average Bonchev–Trinajstić information content (AvgIpc) is 2.03. The largest absolute Gasteiger partial charge is 0.384 e. The Morgan fingerprint density at radius 1 is 1.50 bits per heavy atom. The summed E-state index contributed by atoms with van der Waals surface area (Å²) in [6, 6.07) is 4.17. The molecule has 0 saturated heterocycles. The van der Waals surface area contributed by atoms with Gasteiger partial charge in [0.05, 0.1) is 0 Å². The Labute approximate surface area is 73.0 Å². The molecule has 1 rings (SSSR count). The van der Waals surface area contributed by atoms with Gasteiger partial charge in [0, 0.05) is 11.7 Å². The Morgan fingerprint density at radius 3 is 2.67 bits per heavy atom. The van der Waals surface area contributed by atoms with E-state index in [1.165, 1.54) is 5.56 Å². The number of hydrogen-bond acceptors (Lipinski definition) is 3. The van der Waals surface area contributed by atoms with Gasteiger partial charge in [-0.2, -0.15) is 0 Å². The smallest absolute Gasteiger partial charge is 0.123 e. The molecule has 1 aromatic rings. The molecule has 0 unspecified atom stereocenters. The van der Waals surface area contributed by atoms with Gasteiger partial charge in [-0.05, 0) is 32.5 Å². The molecule has 0 bridgehead atoms. The van der Waals surface area contributed by atoms with Crippen LogP contribution in [-0.4, -0.2) is 12.0 Å². The number of rotatable bonds is 2. The van der Waals surface area contributed by atoms with Crippen molar-refractivity contribution in [1.29, 1.82) is 0 Å². The van der Waals surface area contributed by atoms with Gasteiger partial charge in [-0.25, -0.2) is 4.98 Å². The van der Waals surface area contributed by atoms with Crippen molar-refractivity contribution in [2.24, 2.45) is 0 Å². The third-order valence-corrected chi connectivity index (χ3v) is 2.05. The molecule has 1 heterocycles. The number of nitrogens with zero attached hydrogens (tertiary/aromatic N) is 1. The molecule has 0 fully saturated rings. The third kappa shape index (κ3) is 1.74. The Hall–Kier alpha value is -1.09. The molecule has 0 aromatic carbocycles. The molecule has 0 amide bonds. The SMILES string of the molecule is CN[C@@H](C)c1ccc(N)nc1C. The minimum absolute atomic E-state index is 0.332. The summed E-state index contributed by atoms with van der Waals surface area (Å²) in [5.74, 6) is 0.583. The van der Waals surface area contributed by atoms with E-state index in [-0.39, 0.29) is 0 Å². The van der Waals surface area contributed by atoms with E-state index < -0.39 is 0 Å². The average molecular weight is 165 g/mol. The summed E-state index contributed by atoms with van der Waals surface area (Å²) in [5, 5.41) is 3.16. The van der Waals surface area contributed by atoms with Crippen LogP contribution in [0.15, 0.2) is 12.1 Å². The van der Waals surface area contributed by atoms with E-state index in [2.05, 4.69) is 17.2 Å². The topological polar surface area (TPSA) is 50.9 Å². The van der Waals surface area contributed by atoms with Crippen molar-refractivity contribution in [3.8, 4) is 0 Å². The number of pyridine rings is 1. The zero-order valence-corrected chi connectivity index (χ0v) is 7.76. The predicted molar refractivity (Wildman–Crippen MR) is 50.9 cm³/mol. The molecule has 0 saturated carbocycles. The summed E-state index contributed by atoms with van der Waals surface area (Å²) in [6.07, 6.45) is 0. The van der Waals surface area contributed by atoms with E-state index >= 15 is 0 Å². The van der Waals surface area contributed by atoms with Crippen molar-refractivity contribution >= 4 is 5.82 Å². The zero-order chi connectivity index (χ0) is 9.14. The number of anilines is 1. The highest BCUT2D eigenvalue weighted by Gasteiger charge is 2.06. The lowest BCUT2D eigenvalue weighted by Gasteiger charge is -2.12. The minimum atomic E-state index is 0.332. The lowest BCUT2D eigenvalue weighted by Crippen LogP contribution is -2.14. The van der Waals surface area contributed by atoms with Crippen LogP contribution in [0.25, 0.3) is 0 Å². The highest BCUT2D eigenvalue weighted by atomic mass is 14.9. The minimum Gasteiger partial charge on any atom is -0.384 e. The second-order valence-corrected chi connectivity index (χ2v) is 2.92. The summed E-state index contributed by atoms with van der Waals surface area (Å²) in [5.41, 5.74) is 7.74. The fourth-order valence-electron chi connectivity index (χ4n) is 1.20. The highest BCUT2D eigenvalue weighted by Crippen LogP contribution is 2.15. The van der Waals surface area contributed by atoms with E-state index in [0.29, 0.717) is 11.9 Å². The van der Waals surface area contributed by atoms with Crippen LogP contribution in [0.3, 0.4) is 0 Å². The van der Waals surface area contributed by atoms with Crippen LogP contribution in [0, 0.1) is 6.92 Å². The molecule has 1 aromatic heterocycles. The van der Waals surface area contributed by atoms with Gasteiger partial charge < -0.3 is 11.1 Å². The van der Waals surface area contributed by atoms with Crippen LogP contribution in [0.2, 0.25) is 0 Å². The molecule has 3 nitrogen and oxygen atoms in total. The molecular weight excluding hydrogens is 150 g/mol. The van der Waals surface area contributed by atoms with Crippen LogP contribution in [0.4, 0.5) is 5.82 Å². The maximum atomic E-state index is 5.54. The van der Waals surface area contributed by atoms with Gasteiger partial charge in [-0.3, -0.25) is 0 Å². The number of nitrogens with one attached hydrogen (secondary N) is 1. The molecule has 3 N–H and O–H groups in total. The number of hydrogen-bond donors (Lipinski definition) is 2. The van der Waals surface area contributed by atoms with Crippen LogP contribution in [0.5, 0.6) is 0 Å². The number of aromatic nitrogens is 1. The van der Waals surface area contributed by atoms with Gasteiger partial charge in [0.2, 0.25) is 0 Å². The van der Waals surface area contributed by atoms with Gasteiger partial charge in [0.1, 0.15) is 5.82 Å². The molecule has 0 radical (unpaired) electrons. The van der Waals surface area contributed by atoms with Crippen LogP contribution in [0.1, 0.15) is 24.2 Å². The highest BCUT2D eigenvalue weighted by molar-refractivity contribution is 5.34. The second-order valence-electron chi connectivity index (χ2n) is 2.92. The molecule has 0 aliphatic carbocycles. The number of nitrogen functional groups attached to an aromatic ring is 1. The molecule has 12 heavy (non-hydrogen) atoms. The molecule has 0 aliphatic rings. The lowest BCUT2D eigenvalue weighted by atomic mass is 10.1. The van der Waals surface area contributed by atoms with Crippen molar-refractivity contribution in [2.75, 3.05) is 12.8 Å². The van der Waals surface area contributed by atoms with Crippen molar-refractivity contribution in [3.63, 3.8) is 0 Å². The predicted octanol–water partition coefficient (Wildman–Crippen LogP) is 1.25. The van der Waals surface area contributed by atoms with E-state index in [4.69, 9.17) is 5.73 Å². The first-order chi connectivity index (χ1) is 5.65. The molecule has 0 spiro atoms. The lowest BCUT2D eigenvalue weighted by molar-refractivity contribution is 0.645. The summed E-state index contributed by atoms with van der Waals surface area (Å²) < 4.78 is 0. The molecule has 3 heteroatoms. The Balaban J connectivity index is 3.01. The summed E-state index contributed by atoms with van der Waals surface area (Å²) in [6.45, 7) is 4.07. The summed E-state index contributed by atoms with van der Waals surface area (Å²) in [7, 11) is 1.93. The quantitative estimate of drug-likeness (QED) is 0.693. The Morgan fingerprint density at radius 2 is 2.17 bits per heavy atom. The van der Waals surface area contributed by atoms with Crippen molar-refractivity contribution in [1.82, 2.24) is 10.3 Å². The van der Waals surface area contributed by atoms with Crippen LogP contribution >= 0.6 is 0 Å². The van der Waals surface area contributed by atoms with Gasteiger partial charge >= 0.3 is 0 Å². The van der Waals surface area contributed by atoms with Crippen molar-refractivity contribution in [3.05, 3.63) is 23.4 Å². The van der Waals surface area contributed by atoms with Gasteiger partial charge in [-0.1, -0.05) is 6.07 Å². The second kappa shape index (κ2) is 3.54. The Kier molecular flexibility index (Phi) is 2.65. The normalized spacial score (nSPS) is 12.9. The van der Waals surface area contributed by atoms with Gasteiger partial charge in [-0.15, -0.1) is 0 Å². The standard InChI is InChI=1S/C9H15N3/c1-6(11-3)8-4-5-9(10)12-7(8)2/h4-6,11H,1-3H3,(H2,10,12)/t6-/m0/s1. The van der Waals surface area contributed by atoms with Crippen LogP contribution < -0.4 is 11.1 Å². The van der Waals surface area contributed by atoms with E-state index in [1.54, 1.807) is 0 Å². The number of nitrogens with two attached hydrogens (primary N) is 1. The van der Waals surface area contributed by atoms with Crippen LogP contribution in [-0.2, 0) is 0 Å². The fraction of sp³-hybridized carbons (Fsp3) is 0.444. The van der Waals surface area contributed by atoms with E-state index in [0.717, 1.165) is 5.69 Å². The maximum absolute atomic E-state index is 5.54. The monoisotopic (exact) mass is 165 g/mol.